The second-order valence-electron chi connectivity index (χ2n) is 6.18. The van der Waals surface area contributed by atoms with Crippen LogP contribution in [0.25, 0.3) is 10.9 Å². The third-order valence-corrected chi connectivity index (χ3v) is 4.81. The van der Waals surface area contributed by atoms with Crippen LogP contribution >= 0.6 is 0 Å². The van der Waals surface area contributed by atoms with Gasteiger partial charge in [-0.1, -0.05) is 18.1 Å². The van der Waals surface area contributed by atoms with Gasteiger partial charge in [0.15, 0.2) is 0 Å². The van der Waals surface area contributed by atoms with Crippen molar-refractivity contribution in [2.75, 3.05) is 20.1 Å². The zero-order chi connectivity index (χ0) is 14.1. The van der Waals surface area contributed by atoms with Gasteiger partial charge in [0, 0.05) is 35.6 Å². The average molecular weight is 271 g/mol. The first kappa shape index (κ1) is 13.7. The molecular weight excluding hydrogens is 246 g/mol. The molecule has 1 aliphatic heterocycles. The van der Waals surface area contributed by atoms with Crippen LogP contribution in [0.3, 0.4) is 0 Å². The minimum absolute atomic E-state index is 0.427. The molecule has 1 aromatic carbocycles. The van der Waals surface area contributed by atoms with Crippen molar-refractivity contribution in [2.45, 2.75) is 38.1 Å². The molecular formula is C17H25N3. The molecule has 0 radical (unpaired) electrons. The van der Waals surface area contributed by atoms with E-state index >= 15 is 0 Å². The van der Waals surface area contributed by atoms with Crippen molar-refractivity contribution >= 4 is 10.9 Å². The van der Waals surface area contributed by atoms with Crippen LogP contribution in [0.5, 0.6) is 0 Å². The van der Waals surface area contributed by atoms with Crippen molar-refractivity contribution in [2.24, 2.45) is 5.73 Å². The number of fused-ring (bicyclic) bond motifs is 1. The van der Waals surface area contributed by atoms with E-state index in [0.717, 1.165) is 6.54 Å². The summed E-state index contributed by atoms with van der Waals surface area (Å²) in [5.74, 6) is 0.427. The highest BCUT2D eigenvalue weighted by molar-refractivity contribution is 5.84. The monoisotopic (exact) mass is 271 g/mol. The third-order valence-electron chi connectivity index (χ3n) is 4.81. The van der Waals surface area contributed by atoms with Crippen molar-refractivity contribution in [3.63, 3.8) is 0 Å². The number of nitrogens with one attached hydrogen (secondary N) is 1. The Bertz CT molecular complexity index is 587. The molecule has 2 aromatic rings. The zero-order valence-electron chi connectivity index (χ0n) is 12.5. The van der Waals surface area contributed by atoms with E-state index < -0.39 is 0 Å². The molecule has 0 amide bonds. The second-order valence-corrected chi connectivity index (χ2v) is 6.18. The van der Waals surface area contributed by atoms with Crippen LogP contribution in [-0.2, 0) is 0 Å². The summed E-state index contributed by atoms with van der Waals surface area (Å²) in [6, 6.07) is 7.19. The summed E-state index contributed by atoms with van der Waals surface area (Å²) in [4.78, 5) is 5.91. The first-order chi connectivity index (χ1) is 9.70. The molecule has 3 nitrogen and oxygen atoms in total. The van der Waals surface area contributed by atoms with Gasteiger partial charge in [-0.15, -0.1) is 0 Å². The maximum Gasteiger partial charge on any atom is 0.0457 e. The van der Waals surface area contributed by atoms with Gasteiger partial charge in [-0.05, 0) is 51.1 Å². The topological polar surface area (TPSA) is 45.1 Å². The fourth-order valence-electron chi connectivity index (χ4n) is 3.66. The quantitative estimate of drug-likeness (QED) is 0.901. The second kappa shape index (κ2) is 5.58. The Hall–Kier alpha value is -1.32. The summed E-state index contributed by atoms with van der Waals surface area (Å²) in [6.45, 7) is 4.07. The normalized spacial score (nSPS) is 22.2. The zero-order valence-corrected chi connectivity index (χ0v) is 12.5. The smallest absolute Gasteiger partial charge is 0.0457 e. The van der Waals surface area contributed by atoms with Crippen LogP contribution in [0, 0.1) is 6.92 Å². The SMILES string of the molecule is Cc1ccc2[nH]cc(C(CN)C3CCCCN3C)c2c1. The van der Waals surface area contributed by atoms with Gasteiger partial charge in [0.2, 0.25) is 0 Å². The number of hydrogen-bond acceptors (Lipinski definition) is 2. The Morgan fingerprint density at radius 3 is 3.00 bits per heavy atom. The highest BCUT2D eigenvalue weighted by Crippen LogP contribution is 2.33. The molecule has 1 fully saturated rings. The molecule has 0 saturated carbocycles. The number of likely N-dealkylation sites (N-methyl/N-ethyl adjacent to an activating group) is 1. The predicted molar refractivity (Wildman–Crippen MR) is 85.1 cm³/mol. The van der Waals surface area contributed by atoms with E-state index in [4.69, 9.17) is 5.73 Å². The van der Waals surface area contributed by atoms with Crippen LogP contribution in [0.1, 0.15) is 36.3 Å². The van der Waals surface area contributed by atoms with E-state index in [9.17, 15) is 0 Å². The molecule has 1 aromatic heterocycles. The maximum atomic E-state index is 6.15. The summed E-state index contributed by atoms with van der Waals surface area (Å²) in [7, 11) is 2.24. The Morgan fingerprint density at radius 1 is 1.40 bits per heavy atom. The minimum Gasteiger partial charge on any atom is -0.361 e. The first-order valence-electron chi connectivity index (χ1n) is 7.68. The largest absolute Gasteiger partial charge is 0.361 e. The molecule has 3 rings (SSSR count). The number of rotatable bonds is 3. The Kier molecular flexibility index (Phi) is 3.81. The maximum absolute atomic E-state index is 6.15. The number of benzene rings is 1. The Balaban J connectivity index is 2.00. The van der Waals surface area contributed by atoms with Crippen LogP contribution < -0.4 is 5.73 Å². The van der Waals surface area contributed by atoms with Crippen LogP contribution in [0.4, 0.5) is 0 Å². The van der Waals surface area contributed by atoms with E-state index in [0.29, 0.717) is 12.0 Å². The van der Waals surface area contributed by atoms with Crippen molar-refractivity contribution in [1.82, 2.24) is 9.88 Å². The number of nitrogens with two attached hydrogens (primary N) is 1. The highest BCUT2D eigenvalue weighted by Gasteiger charge is 2.29. The number of likely N-dealkylation sites (tertiary alicyclic amines) is 1. The van der Waals surface area contributed by atoms with Gasteiger partial charge in [-0.25, -0.2) is 0 Å². The van der Waals surface area contributed by atoms with Crippen molar-refractivity contribution in [1.29, 1.82) is 0 Å². The lowest BCUT2D eigenvalue weighted by atomic mass is 9.85. The van der Waals surface area contributed by atoms with E-state index in [2.05, 4.69) is 48.3 Å². The lowest BCUT2D eigenvalue weighted by molar-refractivity contribution is 0.161. The van der Waals surface area contributed by atoms with Crippen molar-refractivity contribution in [3.8, 4) is 0 Å². The van der Waals surface area contributed by atoms with Gasteiger partial charge in [0.05, 0.1) is 0 Å². The predicted octanol–water partition coefficient (Wildman–Crippen LogP) is 3.00. The van der Waals surface area contributed by atoms with Gasteiger partial charge in [-0.2, -0.15) is 0 Å². The Labute approximate surface area is 121 Å². The molecule has 1 aliphatic rings. The molecule has 20 heavy (non-hydrogen) atoms. The van der Waals surface area contributed by atoms with Gasteiger partial charge in [0.1, 0.15) is 0 Å². The highest BCUT2D eigenvalue weighted by atomic mass is 15.1. The van der Waals surface area contributed by atoms with E-state index in [1.54, 1.807) is 0 Å². The minimum atomic E-state index is 0.427. The molecule has 108 valence electrons. The van der Waals surface area contributed by atoms with Gasteiger partial charge >= 0.3 is 0 Å². The summed E-state index contributed by atoms with van der Waals surface area (Å²) in [5.41, 5.74) is 10.1. The Morgan fingerprint density at radius 2 is 2.25 bits per heavy atom. The molecule has 0 spiro atoms. The molecule has 2 atom stereocenters. The fourth-order valence-corrected chi connectivity index (χ4v) is 3.66. The van der Waals surface area contributed by atoms with Gasteiger partial charge in [0.25, 0.3) is 0 Å². The number of aromatic nitrogens is 1. The summed E-state index contributed by atoms with van der Waals surface area (Å²) in [6.07, 6.45) is 6.07. The van der Waals surface area contributed by atoms with Gasteiger partial charge in [-0.3, -0.25) is 0 Å². The molecule has 3 heteroatoms. The third kappa shape index (κ3) is 2.36. The number of aryl methyl sites for hydroxylation is 1. The number of aromatic amines is 1. The average Bonchev–Trinajstić information content (AvgIpc) is 2.85. The number of hydrogen-bond donors (Lipinski definition) is 2. The van der Waals surface area contributed by atoms with E-state index in [1.807, 2.05) is 0 Å². The number of nitrogens with zero attached hydrogens (tertiary/aromatic N) is 1. The molecule has 0 aliphatic carbocycles. The lowest BCUT2D eigenvalue weighted by Gasteiger charge is -2.37. The summed E-state index contributed by atoms with van der Waals surface area (Å²) < 4.78 is 0. The van der Waals surface area contributed by atoms with Crippen LogP contribution in [0.15, 0.2) is 24.4 Å². The molecule has 2 unspecified atom stereocenters. The molecule has 3 N–H and O–H groups in total. The van der Waals surface area contributed by atoms with Crippen molar-refractivity contribution in [3.05, 3.63) is 35.5 Å². The number of piperidine rings is 1. The van der Waals surface area contributed by atoms with E-state index in [-0.39, 0.29) is 0 Å². The molecule has 1 saturated heterocycles. The molecule has 0 bridgehead atoms. The van der Waals surface area contributed by atoms with Crippen LogP contribution in [-0.4, -0.2) is 36.1 Å². The van der Waals surface area contributed by atoms with E-state index in [1.165, 1.54) is 47.8 Å². The fraction of sp³-hybridized carbons (Fsp3) is 0.529. The van der Waals surface area contributed by atoms with Crippen molar-refractivity contribution < 1.29 is 0 Å². The lowest BCUT2D eigenvalue weighted by Crippen LogP contribution is -2.42. The number of H-pyrrole nitrogens is 1. The van der Waals surface area contributed by atoms with Crippen LogP contribution in [0.2, 0.25) is 0 Å². The van der Waals surface area contributed by atoms with Gasteiger partial charge < -0.3 is 15.6 Å². The molecule has 2 heterocycles. The standard InChI is InChI=1S/C17H25N3/c1-12-6-7-16-13(9-12)15(11-19-16)14(10-18)17-5-3-4-8-20(17)2/h6-7,9,11,14,17,19H,3-5,8,10,18H2,1-2H3. The first-order valence-corrected chi connectivity index (χ1v) is 7.68. The summed E-state index contributed by atoms with van der Waals surface area (Å²) in [5, 5.41) is 1.35. The summed E-state index contributed by atoms with van der Waals surface area (Å²) >= 11 is 0.